The Hall–Kier alpha value is -2.29. The Bertz CT molecular complexity index is 1040. The van der Waals surface area contributed by atoms with E-state index < -0.39 is 38.6 Å². The van der Waals surface area contributed by atoms with E-state index in [-0.39, 0.29) is 19.4 Å². The number of esters is 2. The van der Waals surface area contributed by atoms with Crippen LogP contribution in [0.2, 0.25) is 0 Å². The van der Waals surface area contributed by atoms with Gasteiger partial charge in [0.2, 0.25) is 0 Å². The number of carbonyl (C=O) groups excluding carboxylic acids is 2. The van der Waals surface area contributed by atoms with Gasteiger partial charge in [0, 0.05) is 12.8 Å². The molecule has 10 heteroatoms. The van der Waals surface area contributed by atoms with E-state index in [4.69, 9.17) is 19.3 Å². The summed E-state index contributed by atoms with van der Waals surface area (Å²) < 4.78 is 26.3. The maximum Gasteiger partial charge on any atom is 0.469 e. The van der Waals surface area contributed by atoms with Crippen LogP contribution in [0.25, 0.3) is 0 Å². The van der Waals surface area contributed by atoms with Gasteiger partial charge in [-0.2, -0.15) is 0 Å². The summed E-state index contributed by atoms with van der Waals surface area (Å²) in [6, 6.07) is 0. The quantitative estimate of drug-likeness (QED) is 0.0193. The fourth-order valence-corrected chi connectivity index (χ4v) is 5.50. The molecule has 0 saturated carbocycles. The van der Waals surface area contributed by atoms with E-state index in [2.05, 4.69) is 30.5 Å². The third kappa shape index (κ3) is 38.8. The van der Waals surface area contributed by atoms with Crippen molar-refractivity contribution in [3.63, 3.8) is 0 Å². The Kier molecular flexibility index (Phi) is 33.2. The van der Waals surface area contributed by atoms with Crippen LogP contribution in [-0.4, -0.2) is 52.3 Å². The van der Waals surface area contributed by atoms with E-state index in [1.165, 1.54) is 57.8 Å². The maximum atomic E-state index is 12.4. The number of rotatable bonds is 34. The van der Waals surface area contributed by atoms with Gasteiger partial charge in [-0.25, -0.2) is 4.57 Å². The lowest BCUT2D eigenvalue weighted by atomic mass is 10.0. The fraction of sp³-hybridized carbons (Fsp3) is 0.707. The molecule has 0 aliphatic heterocycles. The van der Waals surface area contributed by atoms with Crippen LogP contribution in [0.5, 0.6) is 0 Å². The van der Waals surface area contributed by atoms with Crippen LogP contribution in [0.3, 0.4) is 0 Å². The van der Waals surface area contributed by atoms with E-state index in [0.29, 0.717) is 25.7 Å². The Labute approximate surface area is 309 Å². The van der Waals surface area contributed by atoms with Gasteiger partial charge in [0.05, 0.1) is 12.7 Å². The molecule has 0 radical (unpaired) electrons. The summed E-state index contributed by atoms with van der Waals surface area (Å²) in [5.74, 6) is -0.168. The minimum absolute atomic E-state index is 0.114. The Balaban J connectivity index is 4.10. The minimum atomic E-state index is -4.78. The second kappa shape index (κ2) is 34.8. The molecule has 0 aliphatic carbocycles. The number of phosphoric acid groups is 1. The van der Waals surface area contributed by atoms with E-state index in [9.17, 15) is 19.3 Å². The Morgan fingerprint density at radius 2 is 1.22 bits per heavy atom. The van der Waals surface area contributed by atoms with Crippen molar-refractivity contribution in [2.24, 2.45) is 5.92 Å². The van der Waals surface area contributed by atoms with Crippen molar-refractivity contribution in [3.05, 3.63) is 60.8 Å². The summed E-state index contributed by atoms with van der Waals surface area (Å²) in [5, 5.41) is 9.73. The largest absolute Gasteiger partial charge is 0.469 e. The van der Waals surface area contributed by atoms with Crippen molar-refractivity contribution >= 4 is 19.8 Å². The summed E-state index contributed by atoms with van der Waals surface area (Å²) in [6.07, 6.45) is 38.7. The minimum Gasteiger partial charge on any atom is -0.462 e. The van der Waals surface area contributed by atoms with Crippen LogP contribution < -0.4 is 0 Å². The number of unbranched alkanes of at least 4 members (excludes halogenated alkanes) is 12. The predicted molar refractivity (Wildman–Crippen MR) is 208 cm³/mol. The first kappa shape index (κ1) is 48.7. The van der Waals surface area contributed by atoms with E-state index in [1.54, 1.807) is 0 Å². The average molecular weight is 739 g/mol. The topological polar surface area (TPSA) is 140 Å². The summed E-state index contributed by atoms with van der Waals surface area (Å²) in [5.41, 5.74) is 0. The molecule has 0 aromatic carbocycles. The molecule has 0 aromatic rings. The van der Waals surface area contributed by atoms with Crippen molar-refractivity contribution in [2.45, 2.75) is 168 Å². The van der Waals surface area contributed by atoms with Gasteiger partial charge in [-0.15, -0.1) is 0 Å². The van der Waals surface area contributed by atoms with Crippen molar-refractivity contribution in [2.75, 3.05) is 13.2 Å². The van der Waals surface area contributed by atoms with Crippen LogP contribution in [0.15, 0.2) is 60.8 Å². The summed E-state index contributed by atoms with van der Waals surface area (Å²) in [4.78, 5) is 42.7. The highest BCUT2D eigenvalue weighted by molar-refractivity contribution is 7.46. The second-order valence-corrected chi connectivity index (χ2v) is 14.8. The number of allylic oxidation sites excluding steroid dienone is 8. The standard InChI is InChI=1S/C41H71O9P/c1-4-5-31-38(42)32-27-23-19-15-11-7-9-13-17-21-25-29-34-41(44)50-39(36-49-51(45,46)47)35-48-40(43)33-28-24-20-16-12-8-6-10-14-18-22-26-30-37(2)3/h5,7,9,15,17,19,21,23,27,31,37-39,42H,4,6,8,10-14,16,18,20,22,24-26,28-30,32-36H2,1-3H3,(H2,45,46,47)/b9-7-,19-15-,21-17-,27-23+,31-5-/t38?,39-/m1/s1. The number of hydrogen-bond acceptors (Lipinski definition) is 7. The van der Waals surface area contributed by atoms with Gasteiger partial charge in [0.15, 0.2) is 6.10 Å². The molecular formula is C41H71O9P. The highest BCUT2D eigenvalue weighted by Crippen LogP contribution is 2.36. The molecule has 3 N–H and O–H groups in total. The molecule has 0 spiro atoms. The average Bonchev–Trinajstić information content (AvgIpc) is 3.08. The lowest BCUT2D eigenvalue weighted by Crippen LogP contribution is -2.29. The van der Waals surface area contributed by atoms with Crippen LogP contribution in [0.1, 0.15) is 156 Å². The van der Waals surface area contributed by atoms with Gasteiger partial charge in [-0.05, 0) is 50.9 Å². The van der Waals surface area contributed by atoms with Crippen LogP contribution >= 0.6 is 7.82 Å². The van der Waals surface area contributed by atoms with E-state index in [0.717, 1.165) is 44.4 Å². The molecule has 0 heterocycles. The molecule has 0 saturated heterocycles. The second-order valence-electron chi connectivity index (χ2n) is 13.6. The van der Waals surface area contributed by atoms with Gasteiger partial charge in [-0.1, -0.05) is 159 Å². The van der Waals surface area contributed by atoms with Crippen molar-refractivity contribution in [1.29, 1.82) is 0 Å². The Morgan fingerprint density at radius 1 is 0.667 bits per heavy atom. The number of aliphatic hydroxyl groups excluding tert-OH is 1. The van der Waals surface area contributed by atoms with Gasteiger partial charge >= 0.3 is 19.8 Å². The lowest BCUT2D eigenvalue weighted by Gasteiger charge is -2.18. The molecule has 0 bridgehead atoms. The fourth-order valence-electron chi connectivity index (χ4n) is 5.14. The molecular weight excluding hydrogens is 667 g/mol. The van der Waals surface area contributed by atoms with Crippen LogP contribution in [0.4, 0.5) is 0 Å². The highest BCUT2D eigenvalue weighted by Gasteiger charge is 2.22. The van der Waals surface area contributed by atoms with E-state index in [1.807, 2.05) is 55.5 Å². The molecule has 0 fully saturated rings. The molecule has 1 unspecified atom stereocenters. The summed E-state index contributed by atoms with van der Waals surface area (Å²) in [7, 11) is -4.78. The van der Waals surface area contributed by atoms with E-state index >= 15 is 0 Å². The van der Waals surface area contributed by atoms with Crippen LogP contribution in [0, 0.1) is 5.92 Å². The zero-order valence-corrected chi connectivity index (χ0v) is 32.9. The monoisotopic (exact) mass is 738 g/mol. The zero-order valence-electron chi connectivity index (χ0n) is 32.0. The zero-order chi connectivity index (χ0) is 37.8. The number of carbonyl (C=O) groups is 2. The molecule has 51 heavy (non-hydrogen) atoms. The molecule has 0 aromatic heterocycles. The molecule has 0 amide bonds. The molecule has 0 aliphatic rings. The van der Waals surface area contributed by atoms with Gasteiger partial charge in [0.1, 0.15) is 6.61 Å². The summed E-state index contributed by atoms with van der Waals surface area (Å²) in [6.45, 7) is 5.71. The van der Waals surface area contributed by atoms with Crippen molar-refractivity contribution in [3.8, 4) is 0 Å². The SMILES string of the molecule is CC/C=C\C(O)C/C=C/C=C\C/C=C\C/C=C\CCCC(=O)O[C@H](COC(=O)CCCCCCCCCCCCCCC(C)C)COP(=O)(O)O. The van der Waals surface area contributed by atoms with Gasteiger partial charge in [-0.3, -0.25) is 14.1 Å². The number of ether oxygens (including phenoxy) is 2. The maximum absolute atomic E-state index is 12.4. The third-order valence-corrected chi connectivity index (χ3v) is 8.54. The molecule has 9 nitrogen and oxygen atoms in total. The smallest absolute Gasteiger partial charge is 0.462 e. The van der Waals surface area contributed by atoms with Gasteiger partial charge < -0.3 is 24.4 Å². The molecule has 2 atom stereocenters. The Morgan fingerprint density at radius 3 is 1.82 bits per heavy atom. The lowest BCUT2D eigenvalue weighted by molar-refractivity contribution is -0.161. The predicted octanol–water partition coefficient (Wildman–Crippen LogP) is 10.6. The molecule has 0 rings (SSSR count). The first-order chi connectivity index (χ1) is 24.5. The molecule has 294 valence electrons. The number of aliphatic hydroxyl groups is 1. The first-order valence-electron chi connectivity index (χ1n) is 19.5. The number of phosphoric ester groups is 1. The normalized spacial score (nSPS) is 13.9. The van der Waals surface area contributed by atoms with Crippen LogP contribution in [-0.2, 0) is 28.2 Å². The first-order valence-corrected chi connectivity index (χ1v) is 21.1. The van der Waals surface area contributed by atoms with Gasteiger partial charge in [0.25, 0.3) is 0 Å². The third-order valence-electron chi connectivity index (χ3n) is 8.05. The highest BCUT2D eigenvalue weighted by atomic mass is 31.2. The van der Waals surface area contributed by atoms with Crippen molar-refractivity contribution < 1.29 is 43.0 Å². The number of hydrogen-bond donors (Lipinski definition) is 3. The summed E-state index contributed by atoms with van der Waals surface area (Å²) >= 11 is 0. The van der Waals surface area contributed by atoms with Crippen molar-refractivity contribution in [1.82, 2.24) is 0 Å².